The van der Waals surface area contributed by atoms with Gasteiger partial charge >= 0.3 is 0 Å². The molecular formula is C18H13BrN2. The van der Waals surface area contributed by atoms with Gasteiger partial charge in [0, 0.05) is 9.86 Å². The third-order valence-electron chi connectivity index (χ3n) is 3.79. The summed E-state index contributed by atoms with van der Waals surface area (Å²) in [5.41, 5.74) is 3.32. The summed E-state index contributed by atoms with van der Waals surface area (Å²) < 4.78 is 3.28. The molecule has 2 nitrogen and oxygen atoms in total. The molecule has 0 saturated carbocycles. The molecule has 0 unspecified atom stereocenters. The summed E-state index contributed by atoms with van der Waals surface area (Å²) >= 11 is 3.51. The van der Waals surface area contributed by atoms with Crippen LogP contribution in [0.15, 0.2) is 65.1 Å². The van der Waals surface area contributed by atoms with Gasteiger partial charge in [-0.15, -0.1) is 0 Å². The number of fused-ring (bicyclic) bond motifs is 2. The molecule has 0 aliphatic rings. The van der Waals surface area contributed by atoms with Crippen molar-refractivity contribution in [3.8, 4) is 5.69 Å². The van der Waals surface area contributed by atoms with Crippen LogP contribution in [0.1, 0.15) is 5.82 Å². The molecule has 1 heterocycles. The fraction of sp³-hybridized carbons (Fsp3) is 0.0556. The highest BCUT2D eigenvalue weighted by Crippen LogP contribution is 2.28. The number of benzene rings is 3. The number of imidazole rings is 1. The first-order chi connectivity index (χ1) is 10.2. The van der Waals surface area contributed by atoms with E-state index >= 15 is 0 Å². The maximum atomic E-state index is 4.69. The predicted octanol–water partition coefficient (Wildman–Crippen LogP) is 5.25. The van der Waals surface area contributed by atoms with Crippen LogP contribution in [-0.4, -0.2) is 9.55 Å². The summed E-state index contributed by atoms with van der Waals surface area (Å²) in [4.78, 5) is 4.69. The van der Waals surface area contributed by atoms with Crippen molar-refractivity contribution >= 4 is 37.7 Å². The van der Waals surface area contributed by atoms with Crippen molar-refractivity contribution in [3.05, 3.63) is 71.0 Å². The molecule has 4 aromatic rings. The smallest absolute Gasteiger partial charge is 0.111 e. The first-order valence-corrected chi connectivity index (χ1v) is 7.66. The molecule has 0 bridgehead atoms. The van der Waals surface area contributed by atoms with Crippen LogP contribution in [0.25, 0.3) is 27.5 Å². The second-order valence-electron chi connectivity index (χ2n) is 5.13. The van der Waals surface area contributed by atoms with Crippen molar-refractivity contribution in [2.75, 3.05) is 0 Å². The lowest BCUT2D eigenvalue weighted by molar-refractivity contribution is 1.01. The van der Waals surface area contributed by atoms with Gasteiger partial charge in [-0.25, -0.2) is 4.98 Å². The Balaban J connectivity index is 2.11. The molecule has 0 radical (unpaired) electrons. The van der Waals surface area contributed by atoms with Crippen LogP contribution in [0.3, 0.4) is 0 Å². The zero-order chi connectivity index (χ0) is 14.4. The Bertz CT molecular complexity index is 964. The van der Waals surface area contributed by atoms with Gasteiger partial charge in [-0.05, 0) is 36.6 Å². The zero-order valence-corrected chi connectivity index (χ0v) is 13.1. The minimum atomic E-state index is 0.999. The highest BCUT2D eigenvalue weighted by atomic mass is 79.9. The summed E-state index contributed by atoms with van der Waals surface area (Å²) in [5, 5.41) is 2.48. The maximum Gasteiger partial charge on any atom is 0.111 e. The molecule has 0 amide bonds. The van der Waals surface area contributed by atoms with E-state index in [1.54, 1.807) is 0 Å². The number of hydrogen-bond acceptors (Lipinski definition) is 1. The van der Waals surface area contributed by atoms with Gasteiger partial charge in [-0.2, -0.15) is 0 Å². The van der Waals surface area contributed by atoms with E-state index in [1.165, 1.54) is 16.5 Å². The number of nitrogens with zero attached hydrogens (tertiary/aromatic N) is 2. The summed E-state index contributed by atoms with van der Waals surface area (Å²) in [5.74, 6) is 0.999. The standard InChI is InChI=1S/C18H13BrN2/c1-12-20-16-11-14(19)9-10-18(16)21(12)17-8-4-6-13-5-2-3-7-15(13)17/h2-11H,1H3. The monoisotopic (exact) mass is 336 g/mol. The second-order valence-corrected chi connectivity index (χ2v) is 6.04. The Kier molecular flexibility index (Phi) is 2.82. The molecule has 4 rings (SSSR count). The molecule has 0 spiro atoms. The Labute approximate surface area is 131 Å². The average Bonchev–Trinajstić information content (AvgIpc) is 2.81. The lowest BCUT2D eigenvalue weighted by Gasteiger charge is -2.10. The zero-order valence-electron chi connectivity index (χ0n) is 11.5. The van der Waals surface area contributed by atoms with E-state index in [9.17, 15) is 0 Å². The van der Waals surface area contributed by atoms with E-state index in [-0.39, 0.29) is 0 Å². The third-order valence-corrected chi connectivity index (χ3v) is 4.29. The topological polar surface area (TPSA) is 17.8 Å². The molecule has 0 atom stereocenters. The van der Waals surface area contributed by atoms with E-state index in [2.05, 4.69) is 88.1 Å². The number of aryl methyl sites for hydroxylation is 1. The molecule has 3 aromatic carbocycles. The van der Waals surface area contributed by atoms with E-state index < -0.39 is 0 Å². The summed E-state index contributed by atoms with van der Waals surface area (Å²) in [6.45, 7) is 2.05. The van der Waals surface area contributed by atoms with Crippen LogP contribution in [0.4, 0.5) is 0 Å². The molecule has 1 aromatic heterocycles. The Hall–Kier alpha value is -2.13. The first-order valence-electron chi connectivity index (χ1n) is 6.87. The summed E-state index contributed by atoms with van der Waals surface area (Å²) in [6.07, 6.45) is 0. The van der Waals surface area contributed by atoms with Crippen LogP contribution in [0.2, 0.25) is 0 Å². The van der Waals surface area contributed by atoms with Gasteiger partial charge < -0.3 is 0 Å². The molecule has 21 heavy (non-hydrogen) atoms. The van der Waals surface area contributed by atoms with Gasteiger partial charge in [0.2, 0.25) is 0 Å². The van der Waals surface area contributed by atoms with E-state index in [0.29, 0.717) is 0 Å². The van der Waals surface area contributed by atoms with Gasteiger partial charge in [0.1, 0.15) is 5.82 Å². The summed E-state index contributed by atoms with van der Waals surface area (Å²) in [6, 6.07) is 21.1. The van der Waals surface area contributed by atoms with Crippen molar-refractivity contribution in [2.45, 2.75) is 6.92 Å². The van der Waals surface area contributed by atoms with Gasteiger partial charge in [0.15, 0.2) is 0 Å². The van der Waals surface area contributed by atoms with Crippen LogP contribution in [0, 0.1) is 6.92 Å². The van der Waals surface area contributed by atoms with E-state index in [4.69, 9.17) is 4.98 Å². The molecule has 102 valence electrons. The predicted molar refractivity (Wildman–Crippen MR) is 91.0 cm³/mol. The number of hydrogen-bond donors (Lipinski definition) is 0. The number of aromatic nitrogens is 2. The lowest BCUT2D eigenvalue weighted by atomic mass is 10.1. The van der Waals surface area contributed by atoms with Crippen LogP contribution in [-0.2, 0) is 0 Å². The molecule has 3 heteroatoms. The van der Waals surface area contributed by atoms with Gasteiger partial charge in [0.05, 0.1) is 16.7 Å². The molecule has 0 aliphatic carbocycles. The van der Waals surface area contributed by atoms with Crippen molar-refractivity contribution in [1.29, 1.82) is 0 Å². The average molecular weight is 337 g/mol. The highest BCUT2D eigenvalue weighted by Gasteiger charge is 2.11. The third kappa shape index (κ3) is 1.96. The maximum absolute atomic E-state index is 4.69. The molecule has 0 aliphatic heterocycles. The minimum absolute atomic E-state index is 0.999. The molecular weight excluding hydrogens is 324 g/mol. The van der Waals surface area contributed by atoms with Crippen molar-refractivity contribution in [2.24, 2.45) is 0 Å². The van der Waals surface area contributed by atoms with E-state index in [0.717, 1.165) is 21.3 Å². The lowest BCUT2D eigenvalue weighted by Crippen LogP contribution is -1.97. The van der Waals surface area contributed by atoms with Crippen LogP contribution < -0.4 is 0 Å². The number of halogens is 1. The minimum Gasteiger partial charge on any atom is -0.296 e. The largest absolute Gasteiger partial charge is 0.296 e. The van der Waals surface area contributed by atoms with Gasteiger partial charge in [-0.1, -0.05) is 52.3 Å². The molecule has 0 fully saturated rings. The SMILES string of the molecule is Cc1nc2cc(Br)ccc2n1-c1cccc2ccccc12. The van der Waals surface area contributed by atoms with Crippen molar-refractivity contribution < 1.29 is 0 Å². The van der Waals surface area contributed by atoms with Gasteiger partial charge in [-0.3, -0.25) is 4.57 Å². The molecule has 0 N–H and O–H groups in total. The summed E-state index contributed by atoms with van der Waals surface area (Å²) in [7, 11) is 0. The van der Waals surface area contributed by atoms with Crippen LogP contribution >= 0.6 is 15.9 Å². The normalized spacial score (nSPS) is 11.3. The quantitative estimate of drug-likeness (QED) is 0.464. The Morgan fingerprint density at radius 2 is 1.76 bits per heavy atom. The first kappa shape index (κ1) is 12.6. The van der Waals surface area contributed by atoms with Gasteiger partial charge in [0.25, 0.3) is 0 Å². The van der Waals surface area contributed by atoms with Crippen molar-refractivity contribution in [1.82, 2.24) is 9.55 Å². The van der Waals surface area contributed by atoms with Crippen molar-refractivity contribution in [3.63, 3.8) is 0 Å². The van der Waals surface area contributed by atoms with E-state index in [1.807, 2.05) is 0 Å². The Morgan fingerprint density at radius 1 is 0.952 bits per heavy atom. The highest BCUT2D eigenvalue weighted by molar-refractivity contribution is 9.10. The second kappa shape index (κ2) is 4.71. The van der Waals surface area contributed by atoms with Crippen LogP contribution in [0.5, 0.6) is 0 Å². The molecule has 0 saturated heterocycles. The fourth-order valence-electron chi connectivity index (χ4n) is 2.88. The Morgan fingerprint density at radius 3 is 2.67 bits per heavy atom. The number of rotatable bonds is 1. The fourth-order valence-corrected chi connectivity index (χ4v) is 3.23.